The molecule has 0 heterocycles. The predicted octanol–water partition coefficient (Wildman–Crippen LogP) is 3.58. The van der Waals surface area contributed by atoms with Crippen molar-refractivity contribution in [1.82, 2.24) is 0 Å². The lowest BCUT2D eigenvalue weighted by Crippen LogP contribution is -2.56. The van der Waals surface area contributed by atoms with Gasteiger partial charge in [-0.15, -0.1) is 0 Å². The van der Waals surface area contributed by atoms with Crippen LogP contribution in [0.2, 0.25) is 0 Å². The topological polar surface area (TPSA) is 69.7 Å². The third-order valence-electron chi connectivity index (χ3n) is 6.09. The average molecular weight is 425 g/mol. The Kier molecular flexibility index (Phi) is 5.60. The Bertz CT molecular complexity index is 998. The minimum Gasteiger partial charge on any atom is -0.469 e. The summed E-state index contributed by atoms with van der Waals surface area (Å²) in [5.41, 5.74) is 1.85. The molecule has 30 heavy (non-hydrogen) atoms. The van der Waals surface area contributed by atoms with Gasteiger partial charge in [-0.05, 0) is 37.0 Å². The number of fused-ring (bicyclic) bond motifs is 2. The largest absolute Gasteiger partial charge is 0.469 e. The number of benzene rings is 2. The van der Waals surface area contributed by atoms with E-state index < -0.39 is 33.4 Å². The molecule has 5 nitrogen and oxygen atoms in total. The molecule has 1 saturated carbocycles. The highest BCUT2D eigenvalue weighted by Gasteiger charge is 2.68. The first kappa shape index (κ1) is 20.5. The van der Waals surface area contributed by atoms with Crippen LogP contribution in [0.5, 0.6) is 0 Å². The van der Waals surface area contributed by atoms with E-state index in [-0.39, 0.29) is 18.4 Å². The van der Waals surface area contributed by atoms with E-state index in [1.807, 2.05) is 61.5 Å². The highest BCUT2D eigenvalue weighted by Crippen LogP contribution is 2.56. The van der Waals surface area contributed by atoms with Crippen molar-refractivity contribution >= 4 is 22.7 Å². The highest BCUT2D eigenvalue weighted by atomic mass is 32.2. The molecule has 2 aliphatic rings. The molecule has 0 amide bonds. The maximum absolute atomic E-state index is 13.9. The second-order valence-electron chi connectivity index (χ2n) is 7.83. The summed E-state index contributed by atoms with van der Waals surface area (Å²) in [6.45, 7) is 2.00. The first-order chi connectivity index (χ1) is 14.5. The van der Waals surface area contributed by atoms with E-state index >= 15 is 0 Å². The number of aryl methyl sites for hydroxylation is 1. The maximum atomic E-state index is 13.9. The van der Waals surface area contributed by atoms with E-state index in [1.54, 1.807) is 12.1 Å². The molecule has 156 valence electrons. The van der Waals surface area contributed by atoms with Crippen LogP contribution in [0.25, 0.3) is 0 Å². The molecule has 0 N–H and O–H groups in total. The zero-order valence-corrected chi connectivity index (χ0v) is 17.8. The SMILES string of the molecule is COC(=O)[C@@H]1[C@@H]2C=C[C@@H](C2)[C@@]1(C(=O)OCc1ccccc1)S(=O)c1ccc(C)cc1. The molecular weight excluding hydrogens is 400 g/mol. The van der Waals surface area contributed by atoms with Crippen LogP contribution in [0.1, 0.15) is 17.5 Å². The van der Waals surface area contributed by atoms with Gasteiger partial charge >= 0.3 is 11.9 Å². The summed E-state index contributed by atoms with van der Waals surface area (Å²) in [5, 5.41) is 0. The minimum absolute atomic E-state index is 0.0571. The second-order valence-corrected chi connectivity index (χ2v) is 9.51. The number of hydrogen-bond donors (Lipinski definition) is 0. The minimum atomic E-state index is -1.79. The number of methoxy groups -OCH3 is 1. The van der Waals surface area contributed by atoms with Gasteiger partial charge in [0.05, 0.1) is 23.8 Å². The molecule has 2 aromatic carbocycles. The van der Waals surface area contributed by atoms with Crippen LogP contribution in [0, 0.1) is 24.7 Å². The molecule has 2 aliphatic carbocycles. The van der Waals surface area contributed by atoms with Crippen LogP contribution < -0.4 is 0 Å². The molecule has 5 atom stereocenters. The fraction of sp³-hybridized carbons (Fsp3) is 0.333. The summed E-state index contributed by atoms with van der Waals surface area (Å²) in [7, 11) is -0.493. The van der Waals surface area contributed by atoms with E-state index in [0.717, 1.165) is 11.1 Å². The fourth-order valence-corrected chi connectivity index (χ4v) is 6.55. The van der Waals surface area contributed by atoms with Crippen LogP contribution in [0.15, 0.2) is 71.6 Å². The number of carbonyl (C=O) groups is 2. The number of esters is 2. The van der Waals surface area contributed by atoms with Gasteiger partial charge in [-0.25, -0.2) is 0 Å². The quantitative estimate of drug-likeness (QED) is 0.524. The lowest BCUT2D eigenvalue weighted by molar-refractivity contribution is -0.158. The molecule has 1 fully saturated rings. The molecule has 2 aromatic rings. The summed E-state index contributed by atoms with van der Waals surface area (Å²) >= 11 is 0. The van der Waals surface area contributed by atoms with Crippen LogP contribution in [-0.4, -0.2) is 28.0 Å². The summed E-state index contributed by atoms with van der Waals surface area (Å²) in [5.74, 6) is -2.53. The summed E-state index contributed by atoms with van der Waals surface area (Å²) in [4.78, 5) is 26.9. The zero-order chi connectivity index (χ0) is 21.3. The van der Waals surface area contributed by atoms with Gasteiger partial charge in [0.25, 0.3) is 0 Å². The van der Waals surface area contributed by atoms with Crippen molar-refractivity contribution in [2.24, 2.45) is 17.8 Å². The highest BCUT2D eigenvalue weighted by molar-refractivity contribution is 7.87. The van der Waals surface area contributed by atoms with Gasteiger partial charge in [0.2, 0.25) is 0 Å². The van der Waals surface area contributed by atoms with Crippen LogP contribution in [0.3, 0.4) is 0 Å². The monoisotopic (exact) mass is 424 g/mol. The van der Waals surface area contributed by atoms with Gasteiger partial charge in [0, 0.05) is 10.8 Å². The lowest BCUT2D eigenvalue weighted by atomic mass is 9.82. The Hall–Kier alpha value is -2.73. The maximum Gasteiger partial charge on any atom is 0.327 e. The smallest absolute Gasteiger partial charge is 0.327 e. The third-order valence-corrected chi connectivity index (χ3v) is 8.12. The van der Waals surface area contributed by atoms with Gasteiger partial charge < -0.3 is 9.47 Å². The molecule has 4 rings (SSSR count). The summed E-state index contributed by atoms with van der Waals surface area (Å²) in [6, 6.07) is 16.5. The first-order valence-corrected chi connectivity index (χ1v) is 11.1. The van der Waals surface area contributed by atoms with Crippen LogP contribution in [0.4, 0.5) is 0 Å². The molecule has 0 aliphatic heterocycles. The number of hydrogen-bond acceptors (Lipinski definition) is 5. The summed E-state index contributed by atoms with van der Waals surface area (Å²) < 4.78 is 23.1. The summed E-state index contributed by atoms with van der Waals surface area (Å²) in [6.07, 6.45) is 4.42. The van der Waals surface area contributed by atoms with E-state index in [1.165, 1.54) is 7.11 Å². The van der Waals surface area contributed by atoms with Gasteiger partial charge in [-0.1, -0.05) is 60.2 Å². The number of allylic oxidation sites excluding steroid dienone is 2. The number of ether oxygens (including phenoxy) is 2. The third kappa shape index (κ3) is 3.29. The number of carbonyl (C=O) groups excluding carboxylic acids is 2. The van der Waals surface area contributed by atoms with Crippen molar-refractivity contribution in [3.8, 4) is 0 Å². The van der Waals surface area contributed by atoms with Crippen molar-refractivity contribution in [2.45, 2.75) is 29.6 Å². The van der Waals surface area contributed by atoms with Gasteiger partial charge in [-0.3, -0.25) is 13.8 Å². The molecule has 1 unspecified atom stereocenters. The Morgan fingerprint density at radius 2 is 1.77 bits per heavy atom. The van der Waals surface area contributed by atoms with E-state index in [9.17, 15) is 13.8 Å². The molecular formula is C24H24O5S. The normalized spacial score (nSPS) is 27.6. The standard InChI is InChI=1S/C24H24O5S/c1-16-8-12-20(13-9-16)30(27)24(23(26)29-15-17-6-4-3-5-7-17)19-11-10-18(14-19)21(24)22(25)28-2/h3-13,18-19,21H,14-15H2,1-2H3/t18-,19+,21+,24-,30?/m1/s1. The Morgan fingerprint density at radius 1 is 1.07 bits per heavy atom. The van der Waals surface area contributed by atoms with Crippen molar-refractivity contribution in [2.75, 3.05) is 7.11 Å². The molecule has 0 saturated heterocycles. The zero-order valence-electron chi connectivity index (χ0n) is 16.9. The van der Waals surface area contributed by atoms with E-state index in [4.69, 9.17) is 9.47 Å². The van der Waals surface area contributed by atoms with Crippen molar-refractivity contribution in [3.63, 3.8) is 0 Å². The van der Waals surface area contributed by atoms with Crippen molar-refractivity contribution in [1.29, 1.82) is 0 Å². The van der Waals surface area contributed by atoms with Crippen molar-refractivity contribution < 1.29 is 23.3 Å². The van der Waals surface area contributed by atoms with Gasteiger partial charge in [-0.2, -0.15) is 0 Å². The molecule has 2 bridgehead atoms. The molecule has 6 heteroatoms. The first-order valence-electron chi connectivity index (χ1n) is 9.94. The second kappa shape index (κ2) is 8.19. The van der Waals surface area contributed by atoms with Crippen LogP contribution >= 0.6 is 0 Å². The average Bonchev–Trinajstić information content (AvgIpc) is 3.38. The van der Waals surface area contributed by atoms with Crippen molar-refractivity contribution in [3.05, 3.63) is 77.9 Å². The Labute approximate surface area is 178 Å². The predicted molar refractivity (Wildman–Crippen MR) is 113 cm³/mol. The molecule has 0 aromatic heterocycles. The molecule has 0 spiro atoms. The van der Waals surface area contributed by atoms with Gasteiger partial charge in [0.15, 0.2) is 4.75 Å². The van der Waals surface area contributed by atoms with Crippen LogP contribution in [-0.2, 0) is 36.5 Å². The van der Waals surface area contributed by atoms with E-state index in [0.29, 0.717) is 11.3 Å². The van der Waals surface area contributed by atoms with Gasteiger partial charge in [0.1, 0.15) is 6.61 Å². The Morgan fingerprint density at radius 3 is 2.43 bits per heavy atom. The Balaban J connectivity index is 1.75. The number of rotatable bonds is 6. The van der Waals surface area contributed by atoms with E-state index in [2.05, 4.69) is 0 Å². The molecule has 0 radical (unpaired) electrons. The fourth-order valence-electron chi connectivity index (χ4n) is 4.62. The lowest BCUT2D eigenvalue weighted by Gasteiger charge is -2.37.